The number of aliphatic hydroxyl groups is 2. The van der Waals surface area contributed by atoms with E-state index in [4.69, 9.17) is 5.11 Å². The lowest BCUT2D eigenvalue weighted by atomic mass is 10.0. The van der Waals surface area contributed by atoms with Gasteiger partial charge in [-0.15, -0.1) is 0 Å². The molecule has 2 N–H and O–H groups in total. The van der Waals surface area contributed by atoms with Crippen molar-refractivity contribution < 1.29 is 10.2 Å². The van der Waals surface area contributed by atoms with Crippen LogP contribution in [0.3, 0.4) is 0 Å². The van der Waals surface area contributed by atoms with Crippen molar-refractivity contribution in [3.63, 3.8) is 0 Å². The zero-order valence-electron chi connectivity index (χ0n) is 5.60. The van der Waals surface area contributed by atoms with Crippen LogP contribution in [0.25, 0.3) is 0 Å². The first kappa shape index (κ1) is 9.65. The fraction of sp³-hybridized carbons (Fsp3) is 1.00. The molecule has 3 heteroatoms. The molecule has 9 heavy (non-hydrogen) atoms. The van der Waals surface area contributed by atoms with Crippen LogP contribution in [0.4, 0.5) is 0 Å². The minimum Gasteiger partial charge on any atom is -0.393 e. The summed E-state index contributed by atoms with van der Waals surface area (Å²) in [5, 5.41) is 17.8. The molecule has 0 aromatic rings. The van der Waals surface area contributed by atoms with Crippen LogP contribution < -0.4 is 0 Å². The van der Waals surface area contributed by atoms with Gasteiger partial charge in [-0.2, -0.15) is 0 Å². The molecule has 0 aromatic carbocycles. The summed E-state index contributed by atoms with van der Waals surface area (Å²) in [5.41, 5.74) is -0.856. The molecule has 1 atom stereocenters. The van der Waals surface area contributed by atoms with E-state index in [1.165, 1.54) is 0 Å². The molecule has 0 spiro atoms. The van der Waals surface area contributed by atoms with Crippen molar-refractivity contribution in [2.45, 2.75) is 25.4 Å². The van der Waals surface area contributed by atoms with Crippen LogP contribution in [0.5, 0.6) is 0 Å². The average molecular weight is 244 g/mol. The summed E-state index contributed by atoms with van der Waals surface area (Å²) < 4.78 is 1.04. The van der Waals surface area contributed by atoms with Gasteiger partial charge in [0.15, 0.2) is 0 Å². The van der Waals surface area contributed by atoms with E-state index < -0.39 is 5.60 Å². The van der Waals surface area contributed by atoms with Gasteiger partial charge in [0.2, 0.25) is 0 Å². The molecule has 0 aliphatic rings. The van der Waals surface area contributed by atoms with Gasteiger partial charge in [-0.3, -0.25) is 0 Å². The van der Waals surface area contributed by atoms with E-state index in [9.17, 15) is 5.11 Å². The largest absolute Gasteiger partial charge is 0.393 e. The van der Waals surface area contributed by atoms with E-state index in [0.29, 0.717) is 6.42 Å². The molecule has 0 aliphatic heterocycles. The Balaban J connectivity index is 3.33. The van der Waals surface area contributed by atoms with Gasteiger partial charge in [-0.05, 0) is 24.2 Å². The maximum absolute atomic E-state index is 9.20. The van der Waals surface area contributed by atoms with Crippen LogP contribution in [0.15, 0.2) is 0 Å². The zero-order valence-corrected chi connectivity index (χ0v) is 7.76. The summed E-state index contributed by atoms with van der Waals surface area (Å²) >= 11 is 2.25. The molecule has 0 fully saturated rings. The molecule has 0 radical (unpaired) electrons. The van der Waals surface area contributed by atoms with E-state index in [2.05, 4.69) is 22.6 Å². The standard InChI is InChI=1S/C6H13IO2/c1-6(9,5-8)3-2-4-7/h8-9H,2-5H2,1H3/t6-/m1/s1. The highest BCUT2D eigenvalue weighted by Crippen LogP contribution is 2.11. The fourth-order valence-corrected chi connectivity index (χ4v) is 0.908. The Kier molecular flexibility index (Phi) is 4.79. The Bertz CT molecular complexity index is 73.5. The second-order valence-corrected chi connectivity index (χ2v) is 3.53. The van der Waals surface area contributed by atoms with Gasteiger partial charge >= 0.3 is 0 Å². The second-order valence-electron chi connectivity index (χ2n) is 2.45. The van der Waals surface area contributed by atoms with Crippen LogP contribution in [-0.4, -0.2) is 26.8 Å². The number of hydrogen-bond acceptors (Lipinski definition) is 2. The Morgan fingerprint density at radius 2 is 2.11 bits per heavy atom. The molecule has 56 valence electrons. The molecule has 0 amide bonds. The smallest absolute Gasteiger partial charge is 0.0849 e. The van der Waals surface area contributed by atoms with E-state index in [0.717, 1.165) is 10.8 Å². The summed E-state index contributed by atoms with van der Waals surface area (Å²) in [4.78, 5) is 0. The van der Waals surface area contributed by atoms with E-state index in [1.54, 1.807) is 6.92 Å². The SMILES string of the molecule is C[C@](O)(CO)CCCI. The zero-order chi connectivity index (χ0) is 7.33. The van der Waals surface area contributed by atoms with Gasteiger partial charge in [-0.1, -0.05) is 22.6 Å². The predicted molar refractivity (Wildman–Crippen MR) is 45.8 cm³/mol. The molecule has 0 unspecified atom stereocenters. The second kappa shape index (κ2) is 4.46. The summed E-state index contributed by atoms with van der Waals surface area (Å²) in [7, 11) is 0. The summed E-state index contributed by atoms with van der Waals surface area (Å²) in [6.07, 6.45) is 1.65. The van der Waals surface area contributed by atoms with Crippen molar-refractivity contribution in [1.82, 2.24) is 0 Å². The highest BCUT2D eigenvalue weighted by Gasteiger charge is 2.16. The molecule has 0 aliphatic carbocycles. The first-order valence-electron chi connectivity index (χ1n) is 3.01. The molecule has 2 nitrogen and oxygen atoms in total. The first-order valence-corrected chi connectivity index (χ1v) is 4.54. The summed E-state index contributed by atoms with van der Waals surface area (Å²) in [6.45, 7) is 1.52. The minimum absolute atomic E-state index is 0.135. The number of halogens is 1. The average Bonchev–Trinajstić information content (AvgIpc) is 1.84. The quantitative estimate of drug-likeness (QED) is 0.570. The van der Waals surface area contributed by atoms with Crippen molar-refractivity contribution in [1.29, 1.82) is 0 Å². The molecule has 0 aromatic heterocycles. The van der Waals surface area contributed by atoms with Gasteiger partial charge in [0.05, 0.1) is 12.2 Å². The molecule has 0 saturated heterocycles. The molecule has 0 rings (SSSR count). The van der Waals surface area contributed by atoms with Gasteiger partial charge < -0.3 is 10.2 Å². The van der Waals surface area contributed by atoms with Crippen molar-refractivity contribution in [2.75, 3.05) is 11.0 Å². The van der Waals surface area contributed by atoms with Crippen LogP contribution in [0.2, 0.25) is 0 Å². The molecular formula is C6H13IO2. The lowest BCUT2D eigenvalue weighted by Gasteiger charge is -2.18. The van der Waals surface area contributed by atoms with Gasteiger partial charge in [-0.25, -0.2) is 0 Å². The van der Waals surface area contributed by atoms with Crippen molar-refractivity contribution in [3.05, 3.63) is 0 Å². The maximum atomic E-state index is 9.20. The third kappa shape index (κ3) is 5.11. The third-order valence-corrected chi connectivity index (χ3v) is 1.95. The normalized spacial score (nSPS) is 17.3. The molecule has 0 heterocycles. The lowest BCUT2D eigenvalue weighted by molar-refractivity contribution is -0.00516. The third-order valence-electron chi connectivity index (χ3n) is 1.19. The van der Waals surface area contributed by atoms with Gasteiger partial charge in [0.25, 0.3) is 0 Å². The van der Waals surface area contributed by atoms with Crippen LogP contribution in [0, 0.1) is 0 Å². The van der Waals surface area contributed by atoms with Crippen LogP contribution >= 0.6 is 22.6 Å². The Morgan fingerprint density at radius 3 is 2.44 bits per heavy atom. The first-order chi connectivity index (χ1) is 4.12. The number of alkyl halides is 1. The topological polar surface area (TPSA) is 40.5 Å². The van der Waals surface area contributed by atoms with Crippen LogP contribution in [-0.2, 0) is 0 Å². The predicted octanol–water partition coefficient (Wildman–Crippen LogP) is 0.945. The monoisotopic (exact) mass is 244 g/mol. The van der Waals surface area contributed by atoms with E-state index in [-0.39, 0.29) is 6.61 Å². The maximum Gasteiger partial charge on any atom is 0.0849 e. The Labute approximate surface area is 69.4 Å². The molecule has 0 bridgehead atoms. The van der Waals surface area contributed by atoms with Crippen molar-refractivity contribution in [3.8, 4) is 0 Å². The van der Waals surface area contributed by atoms with Gasteiger partial charge in [0, 0.05) is 0 Å². The number of aliphatic hydroxyl groups excluding tert-OH is 1. The minimum atomic E-state index is -0.856. The Morgan fingerprint density at radius 1 is 1.56 bits per heavy atom. The van der Waals surface area contributed by atoms with Crippen molar-refractivity contribution >= 4 is 22.6 Å². The molecular weight excluding hydrogens is 231 g/mol. The van der Waals surface area contributed by atoms with E-state index in [1.807, 2.05) is 0 Å². The fourth-order valence-electron chi connectivity index (χ4n) is 0.527. The number of rotatable bonds is 4. The van der Waals surface area contributed by atoms with Crippen LogP contribution in [0.1, 0.15) is 19.8 Å². The number of hydrogen-bond donors (Lipinski definition) is 2. The summed E-state index contributed by atoms with van der Waals surface area (Å²) in [5.74, 6) is 0. The van der Waals surface area contributed by atoms with Crippen molar-refractivity contribution in [2.24, 2.45) is 0 Å². The van der Waals surface area contributed by atoms with Gasteiger partial charge in [0.1, 0.15) is 0 Å². The molecule has 0 saturated carbocycles. The Hall–Kier alpha value is 0.650. The summed E-state index contributed by atoms with van der Waals surface area (Å²) in [6, 6.07) is 0. The highest BCUT2D eigenvalue weighted by molar-refractivity contribution is 14.1. The highest BCUT2D eigenvalue weighted by atomic mass is 127. The lowest BCUT2D eigenvalue weighted by Crippen LogP contribution is -2.28. The van der Waals surface area contributed by atoms with E-state index >= 15 is 0 Å².